The van der Waals surface area contributed by atoms with Crippen LogP contribution in [0.15, 0.2) is 47.5 Å². The molecule has 2 aliphatic rings. The number of nitrogens with zero attached hydrogens (tertiary/aromatic N) is 3. The Kier molecular flexibility index (Phi) is 4.15. The molecule has 28 heavy (non-hydrogen) atoms. The maximum absolute atomic E-state index is 13.1. The number of para-hydroxylation sites is 1. The maximum Gasteiger partial charge on any atom is 0.312 e. The van der Waals surface area contributed by atoms with Gasteiger partial charge in [0, 0.05) is 19.0 Å². The van der Waals surface area contributed by atoms with Gasteiger partial charge in [-0.15, -0.1) is 0 Å². The largest absolute Gasteiger partial charge is 0.481 e. The van der Waals surface area contributed by atoms with E-state index in [1.807, 2.05) is 0 Å². The van der Waals surface area contributed by atoms with Crippen LogP contribution >= 0.6 is 0 Å². The van der Waals surface area contributed by atoms with Gasteiger partial charge in [0.25, 0.3) is 10.0 Å². The lowest BCUT2D eigenvalue weighted by Gasteiger charge is -2.20. The van der Waals surface area contributed by atoms with Gasteiger partial charge in [-0.3, -0.25) is 18.7 Å². The molecule has 9 nitrogen and oxygen atoms in total. The van der Waals surface area contributed by atoms with E-state index in [2.05, 4.69) is 4.98 Å². The number of aromatic nitrogens is 1. The summed E-state index contributed by atoms with van der Waals surface area (Å²) in [7, 11) is -4.07. The van der Waals surface area contributed by atoms with Gasteiger partial charge < -0.3 is 5.11 Å². The van der Waals surface area contributed by atoms with Crippen LogP contribution in [0.25, 0.3) is 0 Å². The zero-order chi connectivity index (χ0) is 20.1. The average molecular weight is 401 g/mol. The third-order valence-corrected chi connectivity index (χ3v) is 6.58. The number of aliphatic carboxylic acids is 1. The summed E-state index contributed by atoms with van der Waals surface area (Å²) < 4.78 is 27.2. The molecule has 10 heteroatoms. The van der Waals surface area contributed by atoms with Crippen LogP contribution in [0.3, 0.4) is 0 Å². The number of rotatable bonds is 4. The Hall–Kier alpha value is -3.27. The Bertz CT molecular complexity index is 1080. The third-order valence-electron chi connectivity index (χ3n) is 4.82. The quantitative estimate of drug-likeness (QED) is 0.761. The van der Waals surface area contributed by atoms with E-state index in [0.29, 0.717) is 11.3 Å². The molecule has 2 amide bonds. The van der Waals surface area contributed by atoms with Crippen molar-refractivity contribution in [1.29, 1.82) is 0 Å². The summed E-state index contributed by atoms with van der Waals surface area (Å²) in [5, 5.41) is 9.42. The lowest BCUT2D eigenvalue weighted by Crippen LogP contribution is -2.32. The van der Waals surface area contributed by atoms with E-state index in [0.717, 1.165) is 15.4 Å². The van der Waals surface area contributed by atoms with Crippen LogP contribution in [0.4, 0.5) is 11.5 Å². The number of pyridine rings is 1. The normalized spacial score (nSPS) is 19.2. The number of carbonyl (C=O) groups excluding carboxylic acids is 2. The molecular weight excluding hydrogens is 386 g/mol. The van der Waals surface area contributed by atoms with E-state index in [9.17, 15) is 27.9 Å². The summed E-state index contributed by atoms with van der Waals surface area (Å²) in [6.45, 7) is -0.220. The Morgan fingerprint density at radius 2 is 1.75 bits per heavy atom. The zero-order valence-corrected chi connectivity index (χ0v) is 15.3. The molecule has 0 spiro atoms. The molecule has 1 fully saturated rings. The molecule has 4 rings (SSSR count). The van der Waals surface area contributed by atoms with Crippen molar-refractivity contribution in [3.8, 4) is 0 Å². The number of carboxylic acids is 1. The third kappa shape index (κ3) is 2.73. The fraction of sp³-hybridized carbons (Fsp3) is 0.222. The van der Waals surface area contributed by atoms with Crippen molar-refractivity contribution >= 4 is 39.3 Å². The van der Waals surface area contributed by atoms with Gasteiger partial charge in [0.2, 0.25) is 11.8 Å². The highest BCUT2D eigenvalue weighted by molar-refractivity contribution is 7.92. The number of hydrogen-bond donors (Lipinski definition) is 1. The first-order chi connectivity index (χ1) is 13.3. The van der Waals surface area contributed by atoms with Crippen molar-refractivity contribution in [3.05, 3.63) is 48.2 Å². The van der Waals surface area contributed by atoms with Crippen LogP contribution in [-0.4, -0.2) is 42.8 Å². The van der Waals surface area contributed by atoms with Crippen LogP contribution in [0.5, 0.6) is 0 Å². The fourth-order valence-electron chi connectivity index (χ4n) is 3.43. The Balaban J connectivity index is 1.69. The average Bonchev–Trinajstić information content (AvgIpc) is 3.23. The van der Waals surface area contributed by atoms with E-state index < -0.39 is 21.9 Å². The Labute approximate surface area is 160 Å². The van der Waals surface area contributed by atoms with Crippen molar-refractivity contribution in [2.45, 2.75) is 23.7 Å². The summed E-state index contributed by atoms with van der Waals surface area (Å²) >= 11 is 0. The lowest BCUT2D eigenvalue weighted by atomic mass is 10.0. The topological polar surface area (TPSA) is 125 Å². The first kappa shape index (κ1) is 18.1. The number of fused-ring (bicyclic) bond motifs is 1. The van der Waals surface area contributed by atoms with Crippen LogP contribution in [0.1, 0.15) is 24.3 Å². The van der Waals surface area contributed by atoms with Gasteiger partial charge in [0.1, 0.15) is 16.6 Å². The number of carbonyl (C=O) groups is 3. The highest BCUT2D eigenvalue weighted by Gasteiger charge is 2.40. The second kappa shape index (κ2) is 6.41. The predicted molar refractivity (Wildman–Crippen MR) is 97.3 cm³/mol. The molecular formula is C18H15N3O6S. The van der Waals surface area contributed by atoms with Gasteiger partial charge >= 0.3 is 5.97 Å². The minimum Gasteiger partial charge on any atom is -0.481 e. The molecule has 1 N–H and O–H groups in total. The highest BCUT2D eigenvalue weighted by Crippen LogP contribution is 2.39. The molecule has 1 aromatic carbocycles. The van der Waals surface area contributed by atoms with Crippen molar-refractivity contribution < 1.29 is 27.9 Å². The summed E-state index contributed by atoms with van der Waals surface area (Å²) in [5.41, 5.74) is 0.736. The minimum absolute atomic E-state index is 0.0664. The predicted octanol–water partition coefficient (Wildman–Crippen LogP) is 1.11. The zero-order valence-electron chi connectivity index (χ0n) is 14.5. The Morgan fingerprint density at radius 3 is 2.36 bits per heavy atom. The second-order valence-corrected chi connectivity index (χ2v) is 8.32. The van der Waals surface area contributed by atoms with E-state index in [-0.39, 0.29) is 41.9 Å². The number of anilines is 2. The van der Waals surface area contributed by atoms with Crippen LogP contribution in [0.2, 0.25) is 0 Å². The van der Waals surface area contributed by atoms with Crippen LogP contribution < -0.4 is 9.21 Å². The molecule has 1 saturated heterocycles. The molecule has 1 aromatic heterocycles. The molecule has 0 aliphatic carbocycles. The summed E-state index contributed by atoms with van der Waals surface area (Å²) in [5.74, 6) is -2.77. The maximum atomic E-state index is 13.1. The van der Waals surface area contributed by atoms with Crippen molar-refractivity contribution in [1.82, 2.24) is 4.98 Å². The van der Waals surface area contributed by atoms with Crippen molar-refractivity contribution in [2.24, 2.45) is 0 Å². The number of amides is 2. The summed E-state index contributed by atoms with van der Waals surface area (Å²) in [6.07, 6.45) is 1.27. The van der Waals surface area contributed by atoms with Gasteiger partial charge in [0.15, 0.2) is 0 Å². The summed E-state index contributed by atoms with van der Waals surface area (Å²) in [6, 6.07) is 9.00. The van der Waals surface area contributed by atoms with Gasteiger partial charge in [-0.25, -0.2) is 18.3 Å². The van der Waals surface area contributed by atoms with E-state index in [4.69, 9.17) is 0 Å². The number of sulfonamides is 1. The molecule has 2 aliphatic heterocycles. The van der Waals surface area contributed by atoms with Crippen LogP contribution in [-0.2, 0) is 24.4 Å². The van der Waals surface area contributed by atoms with Crippen molar-refractivity contribution in [3.63, 3.8) is 0 Å². The fourth-order valence-corrected chi connectivity index (χ4v) is 4.88. The van der Waals surface area contributed by atoms with Gasteiger partial charge in [-0.05, 0) is 23.8 Å². The first-order valence-electron chi connectivity index (χ1n) is 8.47. The molecule has 1 atom stereocenters. The van der Waals surface area contributed by atoms with Gasteiger partial charge in [0.05, 0.1) is 12.2 Å². The molecule has 1 unspecified atom stereocenters. The van der Waals surface area contributed by atoms with E-state index in [1.54, 1.807) is 24.3 Å². The van der Waals surface area contributed by atoms with Crippen molar-refractivity contribution in [2.75, 3.05) is 15.7 Å². The smallest absolute Gasteiger partial charge is 0.312 e. The van der Waals surface area contributed by atoms with Gasteiger partial charge in [-0.1, -0.05) is 18.2 Å². The number of hydrogen-bond acceptors (Lipinski definition) is 6. The van der Waals surface area contributed by atoms with E-state index >= 15 is 0 Å². The standard InChI is InChI=1S/C18H15N3O6S/c22-16-7-8-17(23)21(16)15-6-5-11(9-19-15)28(26,27)20-10-13(18(24)25)12-3-1-2-4-14(12)20/h1-6,9,13H,7-8,10H2,(H,24,25). The molecule has 0 bridgehead atoms. The monoisotopic (exact) mass is 401 g/mol. The SMILES string of the molecule is O=C(O)C1CN(S(=O)(=O)c2ccc(N3C(=O)CCC3=O)nc2)c2ccccc21. The molecule has 144 valence electrons. The van der Waals surface area contributed by atoms with Crippen LogP contribution in [0, 0.1) is 0 Å². The minimum atomic E-state index is -4.07. The van der Waals surface area contributed by atoms with Gasteiger partial charge in [-0.2, -0.15) is 0 Å². The molecule has 0 saturated carbocycles. The first-order valence-corrected chi connectivity index (χ1v) is 9.91. The molecule has 3 heterocycles. The molecule has 0 radical (unpaired) electrons. The number of benzene rings is 1. The highest BCUT2D eigenvalue weighted by atomic mass is 32.2. The number of carboxylic acid groups (broad SMARTS) is 1. The number of imide groups is 1. The Morgan fingerprint density at radius 1 is 1.07 bits per heavy atom. The second-order valence-electron chi connectivity index (χ2n) is 6.46. The van der Waals surface area contributed by atoms with E-state index in [1.165, 1.54) is 12.1 Å². The summed E-state index contributed by atoms with van der Waals surface area (Å²) in [4.78, 5) is 39.9. The molecule has 2 aromatic rings. The lowest BCUT2D eigenvalue weighted by molar-refractivity contribution is -0.138.